The molecule has 0 aliphatic heterocycles. The van der Waals surface area contributed by atoms with Crippen LogP contribution in [0.3, 0.4) is 0 Å². The van der Waals surface area contributed by atoms with Crippen molar-refractivity contribution in [2.75, 3.05) is 19.4 Å². The van der Waals surface area contributed by atoms with Crippen molar-refractivity contribution in [1.29, 1.82) is 0 Å². The molecule has 0 aliphatic rings. The average Bonchev–Trinajstić information content (AvgIpc) is 2.28. The molecule has 1 rings (SSSR count). The summed E-state index contributed by atoms with van der Waals surface area (Å²) in [6.07, 6.45) is -1.18. The van der Waals surface area contributed by atoms with E-state index in [4.69, 9.17) is 10.8 Å². The van der Waals surface area contributed by atoms with Gasteiger partial charge in [0, 0.05) is 12.8 Å². The number of carboxylic acid groups (broad SMARTS) is 1. The van der Waals surface area contributed by atoms with Crippen molar-refractivity contribution in [1.82, 2.24) is 5.32 Å². The Morgan fingerprint density at radius 2 is 2.22 bits per heavy atom. The van der Waals surface area contributed by atoms with E-state index in [1.165, 1.54) is 19.2 Å². The molecule has 0 saturated carbocycles. The Hall–Kier alpha value is -2.15. The number of hydrogen-bond donors (Lipinski definition) is 3. The molecular formula is C11H13FN2O4. The van der Waals surface area contributed by atoms with Gasteiger partial charge in [-0.25, -0.2) is 9.18 Å². The fourth-order valence-electron chi connectivity index (χ4n) is 1.27. The number of ether oxygens (including phenoxy) is 1. The lowest BCUT2D eigenvalue weighted by atomic mass is 10.2. The minimum atomic E-state index is -1.21. The van der Waals surface area contributed by atoms with Crippen LogP contribution >= 0.6 is 0 Å². The molecule has 18 heavy (non-hydrogen) atoms. The van der Waals surface area contributed by atoms with Gasteiger partial charge in [0.1, 0.15) is 5.82 Å². The third-order valence-corrected chi connectivity index (χ3v) is 2.25. The Kier molecular flexibility index (Phi) is 4.61. The number of carbonyl (C=O) groups is 2. The van der Waals surface area contributed by atoms with E-state index in [0.717, 1.165) is 6.07 Å². The number of amides is 1. The van der Waals surface area contributed by atoms with Crippen LogP contribution in [0, 0.1) is 5.82 Å². The molecule has 1 amide bonds. The van der Waals surface area contributed by atoms with Crippen LogP contribution in [0.4, 0.5) is 10.1 Å². The molecule has 1 aromatic rings. The number of nitrogens with one attached hydrogen (secondary N) is 1. The van der Waals surface area contributed by atoms with Crippen molar-refractivity contribution in [2.24, 2.45) is 0 Å². The zero-order valence-corrected chi connectivity index (χ0v) is 9.64. The Morgan fingerprint density at radius 1 is 1.56 bits per heavy atom. The summed E-state index contributed by atoms with van der Waals surface area (Å²) in [6, 6.07) is 3.62. The highest BCUT2D eigenvalue weighted by Crippen LogP contribution is 2.11. The highest BCUT2D eigenvalue weighted by Gasteiger charge is 2.19. The molecule has 1 atom stereocenters. The molecule has 98 valence electrons. The summed E-state index contributed by atoms with van der Waals surface area (Å²) < 4.78 is 18.0. The third kappa shape index (κ3) is 3.42. The molecule has 1 aromatic carbocycles. The van der Waals surface area contributed by atoms with E-state index in [1.807, 2.05) is 0 Å². The smallest absolute Gasteiger partial charge is 0.334 e. The summed E-state index contributed by atoms with van der Waals surface area (Å²) in [7, 11) is 1.20. The molecule has 6 nitrogen and oxygen atoms in total. The van der Waals surface area contributed by atoms with Gasteiger partial charge in [-0.1, -0.05) is 0 Å². The van der Waals surface area contributed by atoms with Crippen molar-refractivity contribution in [3.63, 3.8) is 0 Å². The Balaban J connectivity index is 2.68. The Bertz CT molecular complexity index is 464. The molecule has 0 heterocycles. The molecule has 0 bridgehead atoms. The van der Waals surface area contributed by atoms with Crippen LogP contribution in [0.2, 0.25) is 0 Å². The van der Waals surface area contributed by atoms with Crippen LogP contribution in [0.1, 0.15) is 10.4 Å². The molecule has 4 N–H and O–H groups in total. The molecule has 7 heteroatoms. The number of rotatable bonds is 5. The van der Waals surface area contributed by atoms with Crippen molar-refractivity contribution in [3.8, 4) is 0 Å². The predicted molar refractivity (Wildman–Crippen MR) is 61.6 cm³/mol. The Morgan fingerprint density at radius 3 is 2.72 bits per heavy atom. The van der Waals surface area contributed by atoms with Gasteiger partial charge in [0.2, 0.25) is 0 Å². The summed E-state index contributed by atoms with van der Waals surface area (Å²) >= 11 is 0. The molecular weight excluding hydrogens is 243 g/mol. The first kappa shape index (κ1) is 13.9. The van der Waals surface area contributed by atoms with Crippen molar-refractivity contribution < 1.29 is 23.8 Å². The lowest BCUT2D eigenvalue weighted by Crippen LogP contribution is -2.38. The summed E-state index contributed by atoms with van der Waals surface area (Å²) in [6.45, 7) is -0.255. The summed E-state index contributed by atoms with van der Waals surface area (Å²) in [5.41, 5.74) is 5.34. The first-order chi connectivity index (χ1) is 8.45. The van der Waals surface area contributed by atoms with Gasteiger partial charge in [0.05, 0.1) is 12.1 Å². The lowest BCUT2D eigenvalue weighted by molar-refractivity contribution is -0.148. The highest BCUT2D eigenvalue weighted by atomic mass is 19.1. The van der Waals surface area contributed by atoms with Crippen LogP contribution in [0.25, 0.3) is 0 Å². The monoisotopic (exact) mass is 256 g/mol. The van der Waals surface area contributed by atoms with Gasteiger partial charge in [-0.05, 0) is 18.2 Å². The quantitative estimate of drug-likeness (QED) is 0.655. The van der Waals surface area contributed by atoms with Gasteiger partial charge < -0.3 is 20.9 Å². The van der Waals surface area contributed by atoms with Gasteiger partial charge in [-0.3, -0.25) is 4.79 Å². The number of benzene rings is 1. The number of anilines is 1. The predicted octanol–water partition coefficient (Wildman–Crippen LogP) is 0.237. The Labute approximate surface area is 103 Å². The van der Waals surface area contributed by atoms with E-state index >= 15 is 0 Å². The molecule has 0 radical (unpaired) electrons. The molecule has 0 aliphatic carbocycles. The van der Waals surface area contributed by atoms with Crippen LogP contribution in [0.15, 0.2) is 18.2 Å². The normalized spacial score (nSPS) is 11.9. The fourth-order valence-corrected chi connectivity index (χ4v) is 1.27. The lowest BCUT2D eigenvalue weighted by Gasteiger charge is -2.11. The third-order valence-electron chi connectivity index (χ3n) is 2.25. The average molecular weight is 256 g/mol. The van der Waals surface area contributed by atoms with E-state index in [0.29, 0.717) is 0 Å². The van der Waals surface area contributed by atoms with Crippen molar-refractivity contribution >= 4 is 17.6 Å². The SMILES string of the molecule is COC(CNC(=O)c1ccc(N)cc1F)C(=O)O. The summed E-state index contributed by atoms with van der Waals surface area (Å²) in [5.74, 6) is -2.71. The number of methoxy groups -OCH3 is 1. The number of nitrogen functional groups attached to an aromatic ring is 1. The van der Waals surface area contributed by atoms with Crippen LogP contribution in [-0.4, -0.2) is 36.7 Å². The largest absolute Gasteiger partial charge is 0.479 e. The molecule has 0 aromatic heterocycles. The maximum atomic E-state index is 13.4. The number of halogens is 1. The second-order valence-electron chi connectivity index (χ2n) is 3.51. The van der Waals surface area contributed by atoms with Crippen LogP contribution < -0.4 is 11.1 Å². The van der Waals surface area contributed by atoms with E-state index in [9.17, 15) is 14.0 Å². The first-order valence-electron chi connectivity index (χ1n) is 5.04. The maximum absolute atomic E-state index is 13.4. The minimum Gasteiger partial charge on any atom is -0.479 e. The standard InChI is InChI=1S/C11H13FN2O4/c1-18-9(11(16)17)5-14-10(15)7-3-2-6(13)4-8(7)12/h2-4,9H,5,13H2,1H3,(H,14,15)(H,16,17). The zero-order valence-electron chi connectivity index (χ0n) is 9.64. The van der Waals surface area contributed by atoms with E-state index in [1.54, 1.807) is 0 Å². The second-order valence-corrected chi connectivity index (χ2v) is 3.51. The zero-order chi connectivity index (χ0) is 13.7. The number of aliphatic carboxylic acids is 1. The van der Waals surface area contributed by atoms with E-state index in [-0.39, 0.29) is 17.8 Å². The van der Waals surface area contributed by atoms with Crippen molar-refractivity contribution in [2.45, 2.75) is 6.10 Å². The molecule has 0 fully saturated rings. The summed E-state index contributed by atoms with van der Waals surface area (Å²) in [4.78, 5) is 22.2. The minimum absolute atomic E-state index is 0.198. The summed E-state index contributed by atoms with van der Waals surface area (Å²) in [5, 5.41) is 10.9. The van der Waals surface area contributed by atoms with Crippen LogP contribution in [0.5, 0.6) is 0 Å². The number of carboxylic acids is 1. The second kappa shape index (κ2) is 5.97. The molecule has 1 unspecified atom stereocenters. The fraction of sp³-hybridized carbons (Fsp3) is 0.273. The van der Waals surface area contributed by atoms with Crippen molar-refractivity contribution in [3.05, 3.63) is 29.6 Å². The van der Waals surface area contributed by atoms with Gasteiger partial charge in [0.15, 0.2) is 6.10 Å². The highest BCUT2D eigenvalue weighted by molar-refractivity contribution is 5.95. The van der Waals surface area contributed by atoms with Gasteiger partial charge in [-0.15, -0.1) is 0 Å². The first-order valence-corrected chi connectivity index (χ1v) is 5.04. The maximum Gasteiger partial charge on any atom is 0.334 e. The molecule has 0 spiro atoms. The van der Waals surface area contributed by atoms with Gasteiger partial charge >= 0.3 is 5.97 Å². The topological polar surface area (TPSA) is 102 Å². The number of hydrogen-bond acceptors (Lipinski definition) is 4. The number of carbonyl (C=O) groups excluding carboxylic acids is 1. The van der Waals surface area contributed by atoms with Gasteiger partial charge in [0.25, 0.3) is 5.91 Å². The van der Waals surface area contributed by atoms with Gasteiger partial charge in [-0.2, -0.15) is 0 Å². The number of nitrogens with two attached hydrogens (primary N) is 1. The van der Waals surface area contributed by atoms with E-state index in [2.05, 4.69) is 10.1 Å². The van der Waals surface area contributed by atoms with E-state index < -0.39 is 23.8 Å². The molecule has 0 saturated heterocycles. The van der Waals surface area contributed by atoms with Crippen LogP contribution in [-0.2, 0) is 9.53 Å².